The number of ether oxygens (including phenoxy) is 1. The van der Waals surface area contributed by atoms with E-state index in [0.717, 1.165) is 6.42 Å². The third-order valence-electron chi connectivity index (χ3n) is 2.88. The van der Waals surface area contributed by atoms with Crippen molar-refractivity contribution >= 4 is 5.97 Å². The first-order valence-corrected chi connectivity index (χ1v) is 6.80. The van der Waals surface area contributed by atoms with E-state index in [4.69, 9.17) is 4.74 Å². The van der Waals surface area contributed by atoms with Crippen LogP contribution in [0.15, 0.2) is 42.5 Å². The third-order valence-corrected chi connectivity index (χ3v) is 2.88. The van der Waals surface area contributed by atoms with Gasteiger partial charge in [0.25, 0.3) is 0 Å². The molecule has 0 saturated carbocycles. The summed E-state index contributed by atoms with van der Waals surface area (Å²) in [5.74, 6) is 0.247. The smallest absolute Gasteiger partial charge is 0.311 e. The lowest BCUT2D eigenvalue weighted by molar-refractivity contribution is -0.152. The summed E-state index contributed by atoms with van der Waals surface area (Å²) in [5, 5.41) is 0. The number of carbonyl (C=O) groups excluding carboxylic acids is 1. The first-order valence-electron chi connectivity index (χ1n) is 6.80. The van der Waals surface area contributed by atoms with Crippen molar-refractivity contribution in [3.63, 3.8) is 0 Å². The summed E-state index contributed by atoms with van der Waals surface area (Å²) in [5.41, 5.74) is 0.881. The average molecular weight is 260 g/mol. The van der Waals surface area contributed by atoms with E-state index in [0.29, 0.717) is 12.5 Å². The fourth-order valence-electron chi connectivity index (χ4n) is 1.60. The van der Waals surface area contributed by atoms with Gasteiger partial charge in [0.2, 0.25) is 0 Å². The zero-order valence-corrected chi connectivity index (χ0v) is 12.3. The Morgan fingerprint density at radius 1 is 1.26 bits per heavy atom. The van der Waals surface area contributed by atoms with Gasteiger partial charge in [0.05, 0.1) is 12.0 Å². The van der Waals surface area contributed by atoms with E-state index in [2.05, 4.69) is 31.2 Å². The standard InChI is InChI=1S/C17H24O2/c1-14(15-11-6-5-7-12-15)10-8-9-13-19-16(18)17(2,3)4/h5-8,10-12,14H,9,13H2,1-4H3/b10-8+. The molecule has 2 nitrogen and oxygen atoms in total. The predicted octanol–water partition coefficient (Wildman–Crippen LogP) is 4.33. The molecule has 1 unspecified atom stereocenters. The van der Waals surface area contributed by atoms with Gasteiger partial charge in [-0.1, -0.05) is 49.4 Å². The van der Waals surface area contributed by atoms with E-state index >= 15 is 0 Å². The maximum absolute atomic E-state index is 11.5. The maximum atomic E-state index is 11.5. The third kappa shape index (κ3) is 5.73. The molecule has 1 rings (SSSR count). The summed E-state index contributed by atoms with van der Waals surface area (Å²) in [7, 11) is 0. The molecule has 2 heteroatoms. The van der Waals surface area contributed by atoms with Crippen LogP contribution in [0.25, 0.3) is 0 Å². The van der Waals surface area contributed by atoms with Gasteiger partial charge in [-0.2, -0.15) is 0 Å². The lowest BCUT2D eigenvalue weighted by Crippen LogP contribution is -2.23. The van der Waals surface area contributed by atoms with Gasteiger partial charge in [-0.3, -0.25) is 4.79 Å². The minimum atomic E-state index is -0.416. The number of carbonyl (C=O) groups is 1. The van der Waals surface area contributed by atoms with Gasteiger partial charge in [-0.25, -0.2) is 0 Å². The van der Waals surface area contributed by atoms with Crippen LogP contribution in [0.3, 0.4) is 0 Å². The van der Waals surface area contributed by atoms with Crippen LogP contribution in [0.1, 0.15) is 45.6 Å². The van der Waals surface area contributed by atoms with Crippen LogP contribution in [0.2, 0.25) is 0 Å². The van der Waals surface area contributed by atoms with Crippen molar-refractivity contribution in [2.45, 2.75) is 40.0 Å². The molecule has 1 aromatic carbocycles. The van der Waals surface area contributed by atoms with Gasteiger partial charge in [0, 0.05) is 0 Å². The molecule has 0 aliphatic rings. The minimum Gasteiger partial charge on any atom is -0.465 e. The molecule has 19 heavy (non-hydrogen) atoms. The normalized spacial score (nSPS) is 13.5. The highest BCUT2D eigenvalue weighted by molar-refractivity contribution is 5.75. The molecule has 1 atom stereocenters. The van der Waals surface area contributed by atoms with Crippen LogP contribution < -0.4 is 0 Å². The minimum absolute atomic E-state index is 0.142. The summed E-state index contributed by atoms with van der Waals surface area (Å²) in [4.78, 5) is 11.5. The fourth-order valence-corrected chi connectivity index (χ4v) is 1.60. The summed E-state index contributed by atoms with van der Waals surface area (Å²) in [6.45, 7) is 8.20. The van der Waals surface area contributed by atoms with Gasteiger partial charge in [0.1, 0.15) is 0 Å². The number of hydrogen-bond donors (Lipinski definition) is 0. The molecule has 0 aromatic heterocycles. The molecular weight excluding hydrogens is 236 g/mol. The number of allylic oxidation sites excluding steroid dienone is 1. The first kappa shape index (κ1) is 15.5. The van der Waals surface area contributed by atoms with Gasteiger partial charge in [-0.15, -0.1) is 0 Å². The molecule has 0 aliphatic carbocycles. The van der Waals surface area contributed by atoms with Crippen LogP contribution in [0, 0.1) is 5.41 Å². The lowest BCUT2D eigenvalue weighted by Gasteiger charge is -2.15. The fraction of sp³-hybridized carbons (Fsp3) is 0.471. The Morgan fingerprint density at radius 2 is 1.89 bits per heavy atom. The van der Waals surface area contributed by atoms with E-state index < -0.39 is 5.41 Å². The summed E-state index contributed by atoms with van der Waals surface area (Å²) in [6.07, 6.45) is 4.99. The average Bonchev–Trinajstić information content (AvgIpc) is 2.37. The summed E-state index contributed by atoms with van der Waals surface area (Å²) >= 11 is 0. The number of esters is 1. The van der Waals surface area contributed by atoms with Crippen molar-refractivity contribution in [1.82, 2.24) is 0 Å². The highest BCUT2D eigenvalue weighted by Crippen LogP contribution is 2.17. The summed E-state index contributed by atoms with van der Waals surface area (Å²) < 4.78 is 5.20. The quantitative estimate of drug-likeness (QED) is 0.447. The largest absolute Gasteiger partial charge is 0.465 e. The molecule has 0 N–H and O–H groups in total. The Balaban J connectivity index is 2.30. The van der Waals surface area contributed by atoms with E-state index in [-0.39, 0.29) is 5.97 Å². The second kappa shape index (κ2) is 7.13. The molecule has 104 valence electrons. The first-order chi connectivity index (χ1) is 8.91. The SMILES string of the molecule is CC(/C=C/CCOC(=O)C(C)(C)C)c1ccccc1. The van der Waals surface area contributed by atoms with Crippen molar-refractivity contribution < 1.29 is 9.53 Å². The van der Waals surface area contributed by atoms with Gasteiger partial charge in [0.15, 0.2) is 0 Å². The van der Waals surface area contributed by atoms with E-state index in [1.165, 1.54) is 5.56 Å². The highest BCUT2D eigenvalue weighted by atomic mass is 16.5. The molecule has 0 bridgehead atoms. The van der Waals surface area contributed by atoms with Gasteiger partial charge < -0.3 is 4.74 Å². The number of rotatable bonds is 5. The molecule has 0 fully saturated rings. The number of hydrogen-bond acceptors (Lipinski definition) is 2. The zero-order valence-electron chi connectivity index (χ0n) is 12.3. The monoisotopic (exact) mass is 260 g/mol. The second-order valence-corrected chi connectivity index (χ2v) is 5.80. The summed E-state index contributed by atoms with van der Waals surface area (Å²) in [6, 6.07) is 10.4. The van der Waals surface area contributed by atoms with E-state index in [1.54, 1.807) is 0 Å². The van der Waals surface area contributed by atoms with Crippen LogP contribution in [-0.4, -0.2) is 12.6 Å². The Kier molecular flexibility index (Phi) is 5.81. The predicted molar refractivity (Wildman–Crippen MR) is 79.0 cm³/mol. The van der Waals surface area contributed by atoms with Crippen LogP contribution in [0.5, 0.6) is 0 Å². The van der Waals surface area contributed by atoms with Crippen molar-refractivity contribution in [2.75, 3.05) is 6.61 Å². The van der Waals surface area contributed by atoms with Crippen molar-refractivity contribution in [3.8, 4) is 0 Å². The molecule has 1 aromatic rings. The van der Waals surface area contributed by atoms with Crippen LogP contribution in [0.4, 0.5) is 0 Å². The number of benzene rings is 1. The molecule has 0 spiro atoms. The Morgan fingerprint density at radius 3 is 2.47 bits per heavy atom. The highest BCUT2D eigenvalue weighted by Gasteiger charge is 2.22. The Hall–Kier alpha value is -1.57. The molecule has 0 aliphatic heterocycles. The van der Waals surface area contributed by atoms with Crippen molar-refractivity contribution in [3.05, 3.63) is 48.0 Å². The zero-order chi connectivity index (χ0) is 14.3. The molecule has 0 amide bonds. The van der Waals surface area contributed by atoms with E-state index in [1.807, 2.05) is 39.0 Å². The molecule has 0 radical (unpaired) electrons. The topological polar surface area (TPSA) is 26.3 Å². The van der Waals surface area contributed by atoms with Crippen LogP contribution in [-0.2, 0) is 9.53 Å². The van der Waals surface area contributed by atoms with Gasteiger partial charge in [-0.05, 0) is 38.7 Å². The molecule has 0 heterocycles. The van der Waals surface area contributed by atoms with Crippen LogP contribution >= 0.6 is 0 Å². The van der Waals surface area contributed by atoms with E-state index in [9.17, 15) is 4.79 Å². The molecule has 0 saturated heterocycles. The van der Waals surface area contributed by atoms with Gasteiger partial charge >= 0.3 is 5.97 Å². The second-order valence-electron chi connectivity index (χ2n) is 5.80. The van der Waals surface area contributed by atoms with Crippen molar-refractivity contribution in [2.24, 2.45) is 5.41 Å². The van der Waals surface area contributed by atoms with Crippen molar-refractivity contribution in [1.29, 1.82) is 0 Å². The maximum Gasteiger partial charge on any atom is 0.311 e. The Bertz CT molecular complexity index is 413. The molecular formula is C17H24O2. The Labute approximate surface area is 116 Å². The lowest BCUT2D eigenvalue weighted by atomic mass is 9.97.